The molecule has 0 fully saturated rings. The molecule has 0 saturated carbocycles. The zero-order chi connectivity index (χ0) is 12.8. The predicted octanol–water partition coefficient (Wildman–Crippen LogP) is 3.26. The fourth-order valence-corrected chi connectivity index (χ4v) is 4.72. The highest BCUT2D eigenvalue weighted by atomic mass is 28.3. The summed E-state index contributed by atoms with van der Waals surface area (Å²) in [4.78, 5) is 0. The van der Waals surface area contributed by atoms with Crippen molar-refractivity contribution in [3.8, 4) is 0 Å². The topological polar surface area (TPSA) is 0 Å². The van der Waals surface area contributed by atoms with Crippen molar-refractivity contribution in [3.63, 3.8) is 0 Å². The van der Waals surface area contributed by atoms with Crippen molar-refractivity contribution in [2.45, 2.75) is 19.9 Å². The lowest BCUT2D eigenvalue weighted by Crippen LogP contribution is -2.41. The van der Waals surface area contributed by atoms with Crippen LogP contribution in [0.5, 0.6) is 0 Å². The van der Waals surface area contributed by atoms with Gasteiger partial charge in [0.15, 0.2) is 0 Å². The Kier molecular flexibility index (Phi) is 4.54. The normalized spacial score (nSPS) is 11.3. The van der Waals surface area contributed by atoms with Gasteiger partial charge in [0, 0.05) is 0 Å². The molecule has 0 saturated heterocycles. The van der Waals surface area contributed by atoms with Crippen molar-refractivity contribution in [2.24, 2.45) is 0 Å². The van der Waals surface area contributed by atoms with Crippen molar-refractivity contribution < 1.29 is 0 Å². The highest BCUT2D eigenvalue weighted by molar-refractivity contribution is 6.85. The van der Waals surface area contributed by atoms with Gasteiger partial charge in [-0.1, -0.05) is 66.7 Å². The second kappa shape index (κ2) is 6.36. The molecule has 0 aliphatic rings. The summed E-state index contributed by atoms with van der Waals surface area (Å²) in [6.45, 7) is 4.36. The first-order valence-electron chi connectivity index (χ1n) is 6.39. The molecular formula is C17H19Si-. The van der Waals surface area contributed by atoms with Gasteiger partial charge in [-0.05, 0) is 13.8 Å². The third-order valence-corrected chi connectivity index (χ3v) is 6.16. The predicted molar refractivity (Wildman–Crippen MR) is 82.1 cm³/mol. The van der Waals surface area contributed by atoms with Crippen LogP contribution in [-0.2, 0) is 0 Å². The zero-order valence-electron chi connectivity index (χ0n) is 11.1. The highest BCUT2D eigenvalue weighted by Crippen LogP contribution is 2.06. The molecule has 92 valence electrons. The van der Waals surface area contributed by atoms with Crippen molar-refractivity contribution >= 4 is 19.2 Å². The van der Waals surface area contributed by atoms with Gasteiger partial charge in [0.2, 0.25) is 0 Å². The smallest absolute Gasteiger partial charge is 0.0467 e. The Balaban J connectivity index is 2.35. The molecule has 0 N–H and O–H groups in total. The second-order valence-electron chi connectivity index (χ2n) is 4.52. The van der Waals surface area contributed by atoms with E-state index in [-0.39, 0.29) is 0 Å². The Morgan fingerprint density at radius 1 is 0.889 bits per heavy atom. The fraction of sp³-hybridized carbons (Fsp3) is 0.176. The maximum absolute atomic E-state index is 2.27. The van der Waals surface area contributed by atoms with E-state index in [2.05, 4.69) is 80.6 Å². The third-order valence-electron chi connectivity index (χ3n) is 3.19. The van der Waals surface area contributed by atoms with Gasteiger partial charge in [-0.3, -0.25) is 0 Å². The van der Waals surface area contributed by atoms with E-state index in [4.69, 9.17) is 0 Å². The second-order valence-corrected chi connectivity index (χ2v) is 6.99. The molecule has 0 amide bonds. The third kappa shape index (κ3) is 3.20. The molecule has 2 aromatic carbocycles. The summed E-state index contributed by atoms with van der Waals surface area (Å²) in [7, 11) is -0.679. The monoisotopic (exact) mass is 251 g/mol. The number of hydrogen-bond donors (Lipinski definition) is 0. The van der Waals surface area contributed by atoms with Crippen LogP contribution in [0.1, 0.15) is 13.8 Å². The van der Waals surface area contributed by atoms with E-state index in [1.807, 2.05) is 0 Å². The SMILES string of the molecule is C/C=C(/C)C[Si-](c1ccccc1)c1ccccc1. The van der Waals surface area contributed by atoms with Crippen LogP contribution in [-0.4, -0.2) is 8.80 Å². The first-order chi connectivity index (χ1) is 8.81. The Labute approximate surface area is 112 Å². The molecule has 0 heterocycles. The molecule has 0 atom stereocenters. The molecule has 18 heavy (non-hydrogen) atoms. The quantitative estimate of drug-likeness (QED) is 0.578. The average molecular weight is 251 g/mol. The lowest BCUT2D eigenvalue weighted by Gasteiger charge is -2.33. The van der Waals surface area contributed by atoms with Crippen LogP contribution in [0.15, 0.2) is 72.3 Å². The van der Waals surface area contributed by atoms with E-state index < -0.39 is 8.80 Å². The Morgan fingerprint density at radius 3 is 1.72 bits per heavy atom. The van der Waals surface area contributed by atoms with Crippen LogP contribution in [0.2, 0.25) is 6.04 Å². The first-order valence-corrected chi connectivity index (χ1v) is 8.10. The molecule has 0 radical (unpaired) electrons. The summed E-state index contributed by atoms with van der Waals surface area (Å²) in [6.07, 6.45) is 2.23. The number of benzene rings is 2. The number of allylic oxidation sites excluding steroid dienone is 2. The molecule has 0 spiro atoms. The Bertz CT molecular complexity index is 460. The van der Waals surface area contributed by atoms with E-state index in [1.54, 1.807) is 0 Å². The number of hydrogen-bond acceptors (Lipinski definition) is 0. The van der Waals surface area contributed by atoms with Crippen molar-refractivity contribution in [1.29, 1.82) is 0 Å². The summed E-state index contributed by atoms with van der Waals surface area (Å²) in [5.41, 5.74) is 1.48. The van der Waals surface area contributed by atoms with E-state index >= 15 is 0 Å². The minimum Gasteiger partial charge on any atom is -0.247 e. The molecule has 0 unspecified atom stereocenters. The van der Waals surface area contributed by atoms with E-state index in [1.165, 1.54) is 22.0 Å². The molecule has 0 aliphatic carbocycles. The largest absolute Gasteiger partial charge is 0.247 e. The van der Waals surface area contributed by atoms with E-state index in [0.717, 1.165) is 0 Å². The van der Waals surface area contributed by atoms with Crippen LogP contribution in [0.4, 0.5) is 0 Å². The molecule has 1 heteroatoms. The lowest BCUT2D eigenvalue weighted by atomic mass is 10.3. The molecule has 0 aromatic heterocycles. The standard InChI is InChI=1S/C17H19Si/c1-3-15(2)14-18(16-10-6-4-7-11-16)17-12-8-5-9-13-17/h3-13H,14H2,1-2H3/q-1/b15-3-. The summed E-state index contributed by atoms with van der Waals surface area (Å²) in [5, 5.41) is 2.99. The Hall–Kier alpha value is -1.60. The molecule has 0 aliphatic heterocycles. The summed E-state index contributed by atoms with van der Waals surface area (Å²) in [5.74, 6) is 0. The van der Waals surface area contributed by atoms with Gasteiger partial charge in [0.1, 0.15) is 0 Å². The zero-order valence-corrected chi connectivity index (χ0v) is 12.1. The minimum atomic E-state index is -0.679. The van der Waals surface area contributed by atoms with Gasteiger partial charge < -0.3 is 0 Å². The van der Waals surface area contributed by atoms with Gasteiger partial charge in [0.05, 0.1) is 0 Å². The van der Waals surface area contributed by atoms with Crippen molar-refractivity contribution in [2.75, 3.05) is 0 Å². The lowest BCUT2D eigenvalue weighted by molar-refractivity contribution is 1.34. The highest BCUT2D eigenvalue weighted by Gasteiger charge is 1.99. The van der Waals surface area contributed by atoms with E-state index in [9.17, 15) is 0 Å². The van der Waals surface area contributed by atoms with Crippen LogP contribution in [0.25, 0.3) is 0 Å². The van der Waals surface area contributed by atoms with Crippen LogP contribution >= 0.6 is 0 Å². The molecule has 0 nitrogen and oxygen atoms in total. The molecular weight excluding hydrogens is 232 g/mol. The van der Waals surface area contributed by atoms with Gasteiger partial charge in [-0.25, -0.2) is 8.80 Å². The average Bonchev–Trinajstić information content (AvgIpc) is 2.46. The molecule has 0 bridgehead atoms. The van der Waals surface area contributed by atoms with Crippen LogP contribution in [0.3, 0.4) is 0 Å². The Morgan fingerprint density at radius 2 is 1.33 bits per heavy atom. The number of rotatable bonds is 4. The van der Waals surface area contributed by atoms with Gasteiger partial charge in [0.25, 0.3) is 0 Å². The maximum Gasteiger partial charge on any atom is -0.0467 e. The van der Waals surface area contributed by atoms with Crippen LogP contribution < -0.4 is 10.4 Å². The van der Waals surface area contributed by atoms with Gasteiger partial charge in [-0.2, -0.15) is 10.4 Å². The van der Waals surface area contributed by atoms with Crippen molar-refractivity contribution in [1.82, 2.24) is 0 Å². The summed E-state index contributed by atoms with van der Waals surface area (Å²) in [6, 6.07) is 23.0. The van der Waals surface area contributed by atoms with Crippen LogP contribution in [0, 0.1) is 0 Å². The van der Waals surface area contributed by atoms with Crippen molar-refractivity contribution in [3.05, 3.63) is 72.3 Å². The fourth-order valence-electron chi connectivity index (χ4n) is 2.03. The first kappa shape index (κ1) is 12.8. The van der Waals surface area contributed by atoms with E-state index in [0.29, 0.717) is 0 Å². The molecule has 2 aromatic rings. The maximum atomic E-state index is 2.27. The van der Waals surface area contributed by atoms with Gasteiger partial charge in [-0.15, -0.1) is 11.6 Å². The van der Waals surface area contributed by atoms with Gasteiger partial charge >= 0.3 is 0 Å². The summed E-state index contributed by atoms with van der Waals surface area (Å²) >= 11 is 0. The summed E-state index contributed by atoms with van der Waals surface area (Å²) < 4.78 is 0. The molecule has 2 rings (SSSR count). The minimum absolute atomic E-state index is 0.679.